The van der Waals surface area contributed by atoms with Gasteiger partial charge in [0, 0.05) is 11.1 Å². The fourth-order valence-electron chi connectivity index (χ4n) is 3.99. The van der Waals surface area contributed by atoms with E-state index in [1.165, 1.54) is 11.3 Å². The number of imide groups is 2. The minimum atomic E-state index is -4.69. The number of barbiturate groups is 1. The lowest BCUT2D eigenvalue weighted by molar-refractivity contribution is -0.138. The number of anilines is 1. The highest BCUT2D eigenvalue weighted by atomic mass is 32.1. The van der Waals surface area contributed by atoms with Gasteiger partial charge in [-0.25, -0.2) is 19.5 Å². The van der Waals surface area contributed by atoms with Crippen LogP contribution in [-0.4, -0.2) is 36.6 Å². The van der Waals surface area contributed by atoms with Crippen molar-refractivity contribution >= 4 is 52.1 Å². The van der Waals surface area contributed by atoms with Crippen LogP contribution in [0, 0.1) is 5.92 Å². The van der Waals surface area contributed by atoms with Crippen LogP contribution in [0.1, 0.15) is 46.1 Å². The first-order valence-corrected chi connectivity index (χ1v) is 11.6. The predicted octanol–water partition coefficient (Wildman–Crippen LogP) is 4.42. The zero-order valence-electron chi connectivity index (χ0n) is 18.5. The van der Waals surface area contributed by atoms with Crippen LogP contribution in [0.3, 0.4) is 0 Å². The summed E-state index contributed by atoms with van der Waals surface area (Å²) in [7, 11) is 0. The Bertz CT molecular complexity index is 1240. The monoisotopic (exact) mass is 507 g/mol. The average Bonchev–Trinajstić information content (AvgIpc) is 3.17. The molecule has 8 nitrogen and oxygen atoms in total. The molecule has 2 aliphatic rings. The molecule has 2 heterocycles. The van der Waals surface area contributed by atoms with E-state index < -0.39 is 41.5 Å². The van der Waals surface area contributed by atoms with Gasteiger partial charge in [0.2, 0.25) is 5.91 Å². The van der Waals surface area contributed by atoms with Crippen molar-refractivity contribution in [2.24, 2.45) is 10.9 Å². The average molecular weight is 507 g/mol. The van der Waals surface area contributed by atoms with Crippen LogP contribution >= 0.6 is 11.3 Å². The van der Waals surface area contributed by atoms with Gasteiger partial charge in [0.15, 0.2) is 5.92 Å². The second kappa shape index (κ2) is 9.61. The van der Waals surface area contributed by atoms with E-state index in [4.69, 9.17) is 4.74 Å². The zero-order chi connectivity index (χ0) is 25.3. The Morgan fingerprint density at radius 3 is 2.71 bits per heavy atom. The van der Waals surface area contributed by atoms with Gasteiger partial charge in [0.1, 0.15) is 5.00 Å². The Hall–Kier alpha value is -3.54. The summed E-state index contributed by atoms with van der Waals surface area (Å²) in [6.45, 7) is 1.83. The van der Waals surface area contributed by atoms with Crippen LogP contribution in [0.15, 0.2) is 29.3 Å². The summed E-state index contributed by atoms with van der Waals surface area (Å²) in [5.41, 5.74) is -0.266. The van der Waals surface area contributed by atoms with E-state index in [2.05, 4.69) is 4.99 Å². The molecule has 184 valence electrons. The van der Waals surface area contributed by atoms with Crippen LogP contribution in [0.4, 0.5) is 28.7 Å². The van der Waals surface area contributed by atoms with Crippen LogP contribution in [0.2, 0.25) is 0 Å². The predicted molar refractivity (Wildman–Crippen MR) is 121 cm³/mol. The lowest BCUT2D eigenvalue weighted by atomic mass is 9.95. The van der Waals surface area contributed by atoms with Crippen LogP contribution in [-0.2, 0) is 33.3 Å². The van der Waals surface area contributed by atoms with Gasteiger partial charge in [-0.2, -0.15) is 13.2 Å². The number of amides is 4. The molecule has 0 radical (unpaired) electrons. The molecule has 12 heteroatoms. The maximum absolute atomic E-state index is 13.1. The quantitative estimate of drug-likeness (QED) is 0.366. The lowest BCUT2D eigenvalue weighted by Gasteiger charge is -2.28. The normalized spacial score (nSPS) is 18.6. The van der Waals surface area contributed by atoms with Crippen LogP contribution in [0.5, 0.6) is 0 Å². The molecule has 0 bridgehead atoms. The summed E-state index contributed by atoms with van der Waals surface area (Å²) in [6, 6.07) is 2.49. The molecule has 1 aliphatic carbocycles. The number of nitrogens with zero attached hydrogens (tertiary/aromatic N) is 2. The van der Waals surface area contributed by atoms with Gasteiger partial charge in [-0.3, -0.25) is 14.9 Å². The second-order valence-corrected chi connectivity index (χ2v) is 8.97. The summed E-state index contributed by atoms with van der Waals surface area (Å²) in [5, 5.41) is 2.25. The number of urea groups is 1. The van der Waals surface area contributed by atoms with Gasteiger partial charge in [-0.05, 0) is 56.4 Å². The molecule has 1 N–H and O–H groups in total. The second-order valence-electron chi connectivity index (χ2n) is 7.88. The Morgan fingerprint density at radius 1 is 1.26 bits per heavy atom. The zero-order valence-corrected chi connectivity index (χ0v) is 19.3. The fourth-order valence-corrected chi connectivity index (χ4v) is 5.22. The molecule has 0 spiro atoms. The molecule has 4 amide bonds. The highest BCUT2D eigenvalue weighted by molar-refractivity contribution is 7.16. The third kappa shape index (κ3) is 4.83. The van der Waals surface area contributed by atoms with Crippen molar-refractivity contribution in [2.45, 2.75) is 38.8 Å². The number of fused-ring (bicyclic) bond motifs is 1. The standard InChI is InChI=1S/C23H20F3N3O5S/c1-2-34-21(32)17-14-8-3-4-9-16(14)35-19(17)27-11-15-18(30)28-22(33)29(20(15)31)13-7-5-6-12(10-13)23(24,25)26/h5-7,10-11,15H,2-4,8-9H2,1H3,(H,28,30,33)/t15-/m0/s1. The van der Waals surface area contributed by atoms with Crippen molar-refractivity contribution in [2.75, 3.05) is 11.5 Å². The molecule has 0 unspecified atom stereocenters. The number of carbonyl (C=O) groups excluding carboxylic acids is 4. The molecule has 1 aromatic carbocycles. The maximum Gasteiger partial charge on any atom is 0.416 e. The first kappa shape index (κ1) is 24.6. The Labute approximate surface area is 201 Å². The SMILES string of the molecule is CCOC(=O)c1c(N=C[C@H]2C(=O)NC(=O)N(c3cccc(C(F)(F)F)c3)C2=O)sc2c1CCCC2. The summed E-state index contributed by atoms with van der Waals surface area (Å²) >= 11 is 1.26. The topological polar surface area (TPSA) is 105 Å². The number of halogens is 3. The Kier molecular flexibility index (Phi) is 6.75. The van der Waals surface area contributed by atoms with Crippen LogP contribution < -0.4 is 10.2 Å². The molecule has 1 atom stereocenters. The molecule has 4 rings (SSSR count). The third-order valence-electron chi connectivity index (χ3n) is 5.61. The van der Waals surface area contributed by atoms with Crippen molar-refractivity contribution in [3.8, 4) is 0 Å². The number of thiophene rings is 1. The van der Waals surface area contributed by atoms with Gasteiger partial charge >= 0.3 is 18.2 Å². The first-order valence-electron chi connectivity index (χ1n) is 10.8. The van der Waals surface area contributed by atoms with Gasteiger partial charge in [0.25, 0.3) is 5.91 Å². The number of carbonyl (C=O) groups is 4. The molecule has 1 aromatic heterocycles. The molecule has 0 saturated carbocycles. The number of aliphatic imine (C=N–C) groups is 1. The van der Waals surface area contributed by atoms with Gasteiger partial charge in [-0.1, -0.05) is 6.07 Å². The van der Waals surface area contributed by atoms with E-state index in [9.17, 15) is 32.3 Å². The van der Waals surface area contributed by atoms with E-state index in [1.54, 1.807) is 6.92 Å². The van der Waals surface area contributed by atoms with E-state index in [0.29, 0.717) is 17.4 Å². The van der Waals surface area contributed by atoms with Crippen molar-refractivity contribution < 1.29 is 37.1 Å². The maximum atomic E-state index is 13.1. The number of ether oxygens (including phenoxy) is 1. The molecular formula is C23H20F3N3O5S. The van der Waals surface area contributed by atoms with E-state index in [-0.39, 0.29) is 22.9 Å². The number of hydrogen-bond donors (Lipinski definition) is 1. The molecule has 1 saturated heterocycles. The molecule has 1 fully saturated rings. The molecule has 2 aromatic rings. The third-order valence-corrected chi connectivity index (χ3v) is 6.81. The van der Waals surface area contributed by atoms with E-state index in [0.717, 1.165) is 54.1 Å². The van der Waals surface area contributed by atoms with Gasteiger partial charge in [-0.15, -0.1) is 11.3 Å². The summed E-state index contributed by atoms with van der Waals surface area (Å²) < 4.78 is 44.5. The first-order chi connectivity index (χ1) is 16.6. The van der Waals surface area contributed by atoms with Crippen molar-refractivity contribution in [1.82, 2.24) is 5.32 Å². The summed E-state index contributed by atoms with van der Waals surface area (Å²) in [4.78, 5) is 56.1. The number of aryl methyl sites for hydroxylation is 1. The lowest BCUT2D eigenvalue weighted by Crippen LogP contribution is -2.58. The number of benzene rings is 1. The smallest absolute Gasteiger partial charge is 0.416 e. The Balaban J connectivity index is 1.67. The number of rotatable bonds is 5. The van der Waals surface area contributed by atoms with Crippen LogP contribution in [0.25, 0.3) is 0 Å². The largest absolute Gasteiger partial charge is 0.462 e. The minimum absolute atomic E-state index is 0.157. The summed E-state index contributed by atoms with van der Waals surface area (Å²) in [5.74, 6) is -4.16. The number of esters is 1. The number of hydrogen-bond acceptors (Lipinski definition) is 7. The molecular weight excluding hydrogens is 487 g/mol. The van der Waals surface area contributed by atoms with E-state index in [1.807, 2.05) is 5.32 Å². The summed E-state index contributed by atoms with van der Waals surface area (Å²) in [6.07, 6.45) is -0.388. The highest BCUT2D eigenvalue weighted by Gasteiger charge is 2.41. The number of nitrogens with one attached hydrogen (secondary N) is 1. The molecule has 1 aliphatic heterocycles. The molecule has 35 heavy (non-hydrogen) atoms. The highest BCUT2D eigenvalue weighted by Crippen LogP contribution is 2.40. The Morgan fingerprint density at radius 2 is 2.00 bits per heavy atom. The van der Waals surface area contributed by atoms with Gasteiger partial charge in [0.05, 0.1) is 23.4 Å². The van der Waals surface area contributed by atoms with Crippen molar-refractivity contribution in [1.29, 1.82) is 0 Å². The minimum Gasteiger partial charge on any atom is -0.462 e. The number of alkyl halides is 3. The van der Waals surface area contributed by atoms with Crippen molar-refractivity contribution in [3.63, 3.8) is 0 Å². The fraction of sp³-hybridized carbons (Fsp3) is 0.348. The van der Waals surface area contributed by atoms with E-state index >= 15 is 0 Å². The van der Waals surface area contributed by atoms with Gasteiger partial charge < -0.3 is 4.74 Å². The van der Waals surface area contributed by atoms with Crippen molar-refractivity contribution in [3.05, 3.63) is 45.8 Å².